The van der Waals surface area contributed by atoms with Gasteiger partial charge in [-0.2, -0.15) is 22.4 Å². The molecule has 0 aromatic rings. The summed E-state index contributed by atoms with van der Waals surface area (Å²) in [7, 11) is 0. The molecule has 0 radical (unpaired) electrons. The molecule has 0 nitrogen and oxygen atoms in total. The Kier molecular flexibility index (Phi) is 18.6. The topological polar surface area (TPSA) is 0 Å². The summed E-state index contributed by atoms with van der Waals surface area (Å²) in [4.78, 5) is 0. The molecule has 0 amide bonds. The fraction of sp³-hybridized carbons (Fsp3) is 0. The molecule has 0 aromatic carbocycles. The molecule has 0 atom stereocenters. The van der Waals surface area contributed by atoms with Gasteiger partial charge in [0, 0.05) is 0 Å². The lowest BCUT2D eigenvalue weighted by atomic mass is 10.8. The maximum Gasteiger partial charge on any atom is 0.181 e. The van der Waals surface area contributed by atoms with Crippen molar-refractivity contribution in [3.05, 3.63) is 0 Å². The summed E-state index contributed by atoms with van der Waals surface area (Å²) in [6.07, 6.45) is 0. The van der Waals surface area contributed by atoms with Crippen molar-refractivity contribution in [2.24, 2.45) is 0 Å². The summed E-state index contributed by atoms with van der Waals surface area (Å²) >= 11 is 16.8. The first-order valence-electron chi connectivity index (χ1n) is 0.885. The van der Waals surface area contributed by atoms with E-state index in [-0.39, 0.29) is 0 Å². The Morgan fingerprint density at radius 1 is 1.17 bits per heavy atom. The molecule has 0 saturated carbocycles. The van der Waals surface area contributed by atoms with Gasteiger partial charge < -0.3 is 0 Å². The second-order valence-corrected chi connectivity index (χ2v) is 5.17. The molecule has 0 aliphatic rings. The van der Waals surface area contributed by atoms with Gasteiger partial charge in [0.15, 0.2) is 11.7 Å². The summed E-state index contributed by atoms with van der Waals surface area (Å²) in [6.45, 7) is 0. The van der Waals surface area contributed by atoms with Crippen LogP contribution >= 0.6 is 62.1 Å². The summed E-state index contributed by atoms with van der Waals surface area (Å²) in [6, 6.07) is 0. The van der Waals surface area contributed by atoms with E-state index in [1.807, 2.05) is 5.70 Å². The molecule has 0 bridgehead atoms. The van der Waals surface area contributed by atoms with E-state index < -0.39 is 5.98 Å². The first kappa shape index (κ1) is 11.0. The fourth-order valence-electron chi connectivity index (χ4n) is 0. The van der Waals surface area contributed by atoms with Crippen LogP contribution in [0.5, 0.6) is 0 Å². The first-order chi connectivity index (χ1) is 2.73. The monoisotopic (exact) mass is 276 g/mol. The summed E-state index contributed by atoms with van der Waals surface area (Å²) in [5.74, 6) is -1.20. The van der Waals surface area contributed by atoms with Gasteiger partial charge in [0.1, 0.15) is 0 Å². The van der Waals surface area contributed by atoms with Crippen molar-refractivity contribution in [1.82, 2.24) is 0 Å². The molecule has 0 aromatic heterocycles. The number of halogens is 4. The molecule has 6 heavy (non-hydrogen) atoms. The SMILES string of the molecule is BI.ClP(Cl)Cl. The second kappa shape index (κ2) is 10.2. The average molecular weight is 277 g/mol. The zero-order valence-corrected chi connectivity index (χ0v) is 8.28. The van der Waals surface area contributed by atoms with E-state index in [1.165, 1.54) is 0 Å². The van der Waals surface area contributed by atoms with Crippen LogP contribution in [0.3, 0.4) is 0 Å². The van der Waals surface area contributed by atoms with Gasteiger partial charge >= 0.3 is 0 Å². The zero-order chi connectivity index (χ0) is 5.58. The van der Waals surface area contributed by atoms with Crippen molar-refractivity contribution >= 4 is 67.8 Å². The fourth-order valence-corrected chi connectivity index (χ4v) is 0. The highest BCUT2D eigenvalue weighted by molar-refractivity contribution is 14.1. The second-order valence-electron chi connectivity index (χ2n) is 0.192. The van der Waals surface area contributed by atoms with Gasteiger partial charge in [-0.3, -0.25) is 0 Å². The minimum atomic E-state index is -1.20. The highest BCUT2D eigenvalue weighted by atomic mass is 127. The largest absolute Gasteiger partial charge is 0.181 e. The zero-order valence-electron chi connectivity index (χ0n) is 2.96. The van der Waals surface area contributed by atoms with Crippen LogP contribution in [0, 0.1) is 0 Å². The van der Waals surface area contributed by atoms with E-state index in [2.05, 4.69) is 22.4 Å². The molecule has 0 aliphatic heterocycles. The van der Waals surface area contributed by atoms with Crippen molar-refractivity contribution in [2.75, 3.05) is 0 Å². The third-order valence-corrected chi connectivity index (χ3v) is 0. The van der Waals surface area contributed by atoms with Gasteiger partial charge in [-0.05, 0) is 0 Å². The lowest BCUT2D eigenvalue weighted by molar-refractivity contribution is 4.58. The smallest absolute Gasteiger partial charge is 0.161 e. The Morgan fingerprint density at radius 2 is 1.17 bits per heavy atom. The molecule has 38 valence electrons. The predicted octanol–water partition coefficient (Wildman–Crippen LogP) is 2.90. The standard InChI is InChI=1S/BH2I.Cl3P/c1-2;1-4(2)3/h1H2;. The van der Waals surface area contributed by atoms with Crippen LogP contribution in [-0.4, -0.2) is 5.70 Å². The van der Waals surface area contributed by atoms with Crippen LogP contribution in [0.1, 0.15) is 0 Å². The van der Waals surface area contributed by atoms with Crippen molar-refractivity contribution in [3.63, 3.8) is 0 Å². The van der Waals surface area contributed by atoms with E-state index in [9.17, 15) is 0 Å². The van der Waals surface area contributed by atoms with Gasteiger partial charge in [0.2, 0.25) is 0 Å². The van der Waals surface area contributed by atoms with Gasteiger partial charge in [0.25, 0.3) is 0 Å². The summed E-state index contributed by atoms with van der Waals surface area (Å²) in [5, 5.41) is 0. The highest BCUT2D eigenvalue weighted by Gasteiger charge is 1.80. The molecule has 6 heteroatoms. The maximum atomic E-state index is 4.87. The number of hydrogen-bond acceptors (Lipinski definition) is 0. The Morgan fingerprint density at radius 3 is 1.17 bits per heavy atom. The van der Waals surface area contributed by atoms with Crippen LogP contribution in [0.15, 0.2) is 0 Å². The molecular weight excluding hydrogens is 275 g/mol. The van der Waals surface area contributed by atoms with E-state index in [1.54, 1.807) is 0 Å². The van der Waals surface area contributed by atoms with Gasteiger partial charge in [-0.25, -0.2) is 0 Å². The summed E-state index contributed by atoms with van der Waals surface area (Å²) < 4.78 is 0. The van der Waals surface area contributed by atoms with E-state index >= 15 is 0 Å². The van der Waals surface area contributed by atoms with Crippen LogP contribution in [-0.2, 0) is 0 Å². The molecule has 0 unspecified atom stereocenters. The van der Waals surface area contributed by atoms with E-state index in [0.717, 1.165) is 0 Å². The van der Waals surface area contributed by atoms with Crippen molar-refractivity contribution in [2.45, 2.75) is 0 Å². The Balaban J connectivity index is 0. The normalized spacial score (nSPS) is 6.83. The molecule has 0 rings (SSSR count). The molecule has 0 spiro atoms. The number of hydrogen-bond donors (Lipinski definition) is 0. The van der Waals surface area contributed by atoms with Crippen molar-refractivity contribution in [3.8, 4) is 0 Å². The third-order valence-electron chi connectivity index (χ3n) is 0. The average Bonchev–Trinajstić information content (AvgIpc) is 1.41. The lowest BCUT2D eigenvalue weighted by Crippen LogP contribution is -0.958. The minimum absolute atomic E-state index is 1.20. The van der Waals surface area contributed by atoms with Gasteiger partial charge in [0.05, 0.1) is 0 Å². The van der Waals surface area contributed by atoms with E-state index in [4.69, 9.17) is 33.7 Å². The molecule has 0 N–H and O–H groups in total. The van der Waals surface area contributed by atoms with Crippen molar-refractivity contribution < 1.29 is 0 Å². The van der Waals surface area contributed by atoms with Crippen LogP contribution in [0.25, 0.3) is 0 Å². The Labute approximate surface area is 67.3 Å². The lowest BCUT2D eigenvalue weighted by Gasteiger charge is -1.68. The van der Waals surface area contributed by atoms with E-state index in [0.29, 0.717) is 0 Å². The first-order valence-corrected chi connectivity index (χ1v) is 7.10. The van der Waals surface area contributed by atoms with Gasteiger partial charge in [-0.15, -0.1) is 0 Å². The summed E-state index contributed by atoms with van der Waals surface area (Å²) in [5.41, 5.74) is 1.97. The predicted molar refractivity (Wildman–Crippen MR) is 47.0 cm³/mol. The molecule has 0 aliphatic carbocycles. The van der Waals surface area contributed by atoms with Crippen molar-refractivity contribution in [1.29, 1.82) is 0 Å². The van der Waals surface area contributed by atoms with Crippen LogP contribution in [0.2, 0.25) is 0 Å². The molecular formula is H2BCl3IP. The maximum absolute atomic E-state index is 4.87. The molecule has 0 saturated heterocycles. The van der Waals surface area contributed by atoms with Crippen LogP contribution < -0.4 is 0 Å². The molecule has 0 heterocycles. The minimum Gasteiger partial charge on any atom is -0.161 e. The Hall–Kier alpha value is 2.09. The van der Waals surface area contributed by atoms with Gasteiger partial charge in [-0.1, -0.05) is 33.7 Å². The number of rotatable bonds is 0. The highest BCUT2D eigenvalue weighted by Crippen LogP contribution is 2.51. The molecule has 0 fully saturated rings. The van der Waals surface area contributed by atoms with Crippen LogP contribution in [0.4, 0.5) is 0 Å². The third kappa shape index (κ3) is 36.0. The Bertz CT molecular complexity index is 15.5. The quantitative estimate of drug-likeness (QED) is 0.363.